The number of carbonyl (C=O) groups excluding carboxylic acids is 1. The molecule has 2 atom stereocenters. The summed E-state index contributed by atoms with van der Waals surface area (Å²) in [6.07, 6.45) is 3.37. The minimum Gasteiger partial charge on any atom is -0.477 e. The minimum absolute atomic E-state index is 0.00412. The second-order valence-corrected chi connectivity index (χ2v) is 10.8. The molecule has 2 amide bonds. The van der Waals surface area contributed by atoms with E-state index in [0.717, 1.165) is 12.1 Å². The van der Waals surface area contributed by atoms with Crippen molar-refractivity contribution >= 4 is 29.4 Å². The maximum atomic E-state index is 13.1. The number of carbonyl (C=O) groups is 2. The molecular weight excluding hydrogens is 476 g/mol. The molecule has 0 bridgehead atoms. The van der Waals surface area contributed by atoms with Crippen molar-refractivity contribution in [2.75, 3.05) is 36.5 Å². The number of ether oxygens (including phenoxy) is 1. The van der Waals surface area contributed by atoms with Crippen molar-refractivity contribution in [2.24, 2.45) is 11.3 Å². The van der Waals surface area contributed by atoms with E-state index in [1.165, 1.54) is 0 Å². The Morgan fingerprint density at radius 2 is 1.97 bits per heavy atom. The van der Waals surface area contributed by atoms with Crippen LogP contribution >= 0.6 is 0 Å². The average Bonchev–Trinajstić information content (AvgIpc) is 3.43. The van der Waals surface area contributed by atoms with Crippen LogP contribution in [0.5, 0.6) is 5.88 Å². The highest BCUT2D eigenvalue weighted by atomic mass is 16.5. The Balaban J connectivity index is 1.32. The first-order valence-corrected chi connectivity index (χ1v) is 12.4. The molecule has 1 saturated carbocycles. The van der Waals surface area contributed by atoms with Crippen LogP contribution in [0.4, 0.5) is 16.4 Å². The van der Waals surface area contributed by atoms with Crippen LogP contribution in [-0.2, 0) is 0 Å². The molecule has 196 valence electrons. The second-order valence-electron chi connectivity index (χ2n) is 10.8. The van der Waals surface area contributed by atoms with Crippen molar-refractivity contribution in [1.29, 1.82) is 0 Å². The zero-order valence-electron chi connectivity index (χ0n) is 21.7. The van der Waals surface area contributed by atoms with Gasteiger partial charge in [0.15, 0.2) is 11.6 Å². The van der Waals surface area contributed by atoms with Crippen molar-refractivity contribution in [1.82, 2.24) is 29.5 Å². The largest absolute Gasteiger partial charge is 0.477 e. The number of anilines is 2. The lowest BCUT2D eigenvalue weighted by atomic mass is 9.86. The van der Waals surface area contributed by atoms with Crippen LogP contribution in [0.3, 0.4) is 0 Å². The molecule has 5 rings (SSSR count). The van der Waals surface area contributed by atoms with Gasteiger partial charge in [0, 0.05) is 32.0 Å². The van der Waals surface area contributed by atoms with E-state index in [-0.39, 0.29) is 28.6 Å². The Kier molecular flexibility index (Phi) is 5.92. The van der Waals surface area contributed by atoms with Crippen LogP contribution in [-0.4, -0.2) is 78.4 Å². The number of fused-ring (bicyclic) bond motifs is 1. The van der Waals surface area contributed by atoms with Crippen molar-refractivity contribution in [3.05, 3.63) is 35.8 Å². The number of nitrogens with one attached hydrogen (secondary N) is 1. The first kappa shape index (κ1) is 24.7. The Hall–Kier alpha value is -3.96. The van der Waals surface area contributed by atoms with Gasteiger partial charge in [0.05, 0.1) is 17.8 Å². The summed E-state index contributed by atoms with van der Waals surface area (Å²) in [5.41, 5.74) is 0.625. The molecule has 2 unspecified atom stereocenters. The lowest BCUT2D eigenvalue weighted by molar-refractivity contribution is 0.0935. The summed E-state index contributed by atoms with van der Waals surface area (Å²) in [6.45, 7) is 12.0. The number of nitrogens with zero attached hydrogens (tertiary/aromatic N) is 7. The Morgan fingerprint density at radius 3 is 2.59 bits per heavy atom. The molecule has 2 fully saturated rings. The Labute approximate surface area is 214 Å². The Bertz CT molecular complexity index is 1350. The Morgan fingerprint density at radius 1 is 1.19 bits per heavy atom. The number of amides is 2. The maximum Gasteiger partial charge on any atom is 0.407 e. The van der Waals surface area contributed by atoms with Gasteiger partial charge in [-0.1, -0.05) is 20.8 Å². The van der Waals surface area contributed by atoms with Crippen molar-refractivity contribution < 1.29 is 19.4 Å². The summed E-state index contributed by atoms with van der Waals surface area (Å²) >= 11 is 0. The van der Waals surface area contributed by atoms with Gasteiger partial charge in [-0.25, -0.2) is 9.78 Å². The zero-order chi connectivity index (χ0) is 26.5. The number of hydrogen-bond donors (Lipinski definition) is 2. The second kappa shape index (κ2) is 8.86. The highest BCUT2D eigenvalue weighted by Crippen LogP contribution is 2.58. The summed E-state index contributed by atoms with van der Waals surface area (Å²) in [5.74, 6) is 1.43. The smallest absolute Gasteiger partial charge is 0.407 e. The SMILES string of the molecule is CCOc1nc2nc(C)cn2cc1C(=O)Nc1ccc(N2CCN(C(=O)O)C3(CC3C(C)(C)C)C2)nn1. The van der Waals surface area contributed by atoms with Crippen LogP contribution < -0.4 is 15.0 Å². The summed E-state index contributed by atoms with van der Waals surface area (Å²) < 4.78 is 7.26. The van der Waals surface area contributed by atoms with Crippen LogP contribution in [0.1, 0.15) is 50.2 Å². The first-order valence-electron chi connectivity index (χ1n) is 12.4. The highest BCUT2D eigenvalue weighted by Gasteiger charge is 2.65. The van der Waals surface area contributed by atoms with Crippen molar-refractivity contribution in [2.45, 2.75) is 46.6 Å². The average molecular weight is 509 g/mol. The third kappa shape index (κ3) is 4.51. The predicted octanol–water partition coefficient (Wildman–Crippen LogP) is 3.08. The van der Waals surface area contributed by atoms with Gasteiger partial charge >= 0.3 is 6.09 Å². The van der Waals surface area contributed by atoms with Crippen LogP contribution in [0.25, 0.3) is 5.78 Å². The zero-order valence-corrected chi connectivity index (χ0v) is 21.7. The number of imidazole rings is 1. The molecule has 12 heteroatoms. The van der Waals surface area contributed by atoms with E-state index in [1.807, 2.05) is 13.8 Å². The number of rotatable bonds is 5. The van der Waals surface area contributed by atoms with Crippen LogP contribution in [0.2, 0.25) is 0 Å². The van der Waals surface area contributed by atoms with Gasteiger partial charge < -0.3 is 20.1 Å². The van der Waals surface area contributed by atoms with E-state index >= 15 is 0 Å². The number of aromatic nitrogens is 5. The summed E-state index contributed by atoms with van der Waals surface area (Å²) in [5, 5.41) is 21.1. The number of carboxylic acid groups (broad SMARTS) is 1. The van der Waals surface area contributed by atoms with Gasteiger partial charge in [0.2, 0.25) is 11.7 Å². The van der Waals surface area contributed by atoms with Gasteiger partial charge in [0.25, 0.3) is 5.91 Å². The number of aryl methyl sites for hydroxylation is 1. The highest BCUT2D eigenvalue weighted by molar-refractivity contribution is 6.05. The predicted molar refractivity (Wildman–Crippen MR) is 136 cm³/mol. The summed E-state index contributed by atoms with van der Waals surface area (Å²) in [7, 11) is 0. The van der Waals surface area contributed by atoms with E-state index in [1.54, 1.807) is 33.8 Å². The van der Waals surface area contributed by atoms with Crippen molar-refractivity contribution in [3.8, 4) is 5.88 Å². The van der Waals surface area contributed by atoms with Gasteiger partial charge in [0.1, 0.15) is 5.56 Å². The van der Waals surface area contributed by atoms with E-state index in [0.29, 0.717) is 37.8 Å². The van der Waals surface area contributed by atoms with Gasteiger partial charge in [-0.15, -0.1) is 10.2 Å². The molecule has 3 aromatic heterocycles. The van der Waals surface area contributed by atoms with Gasteiger partial charge in [-0.2, -0.15) is 4.98 Å². The molecule has 0 radical (unpaired) electrons. The molecule has 1 saturated heterocycles. The topological polar surface area (TPSA) is 138 Å². The van der Waals surface area contributed by atoms with Crippen LogP contribution in [0, 0.1) is 18.3 Å². The third-order valence-corrected chi connectivity index (χ3v) is 7.19. The minimum atomic E-state index is -0.875. The summed E-state index contributed by atoms with van der Waals surface area (Å²) in [6, 6.07) is 3.49. The molecule has 2 aliphatic rings. The maximum absolute atomic E-state index is 13.1. The number of hydrogen-bond acceptors (Lipinski definition) is 8. The lowest BCUT2D eigenvalue weighted by Crippen LogP contribution is -2.58. The van der Waals surface area contributed by atoms with Gasteiger partial charge in [-0.05, 0) is 43.7 Å². The third-order valence-electron chi connectivity index (χ3n) is 7.19. The fraction of sp³-hybridized carbons (Fsp3) is 0.520. The van der Waals surface area contributed by atoms with E-state index in [4.69, 9.17) is 4.74 Å². The molecule has 37 heavy (non-hydrogen) atoms. The van der Waals surface area contributed by atoms with E-state index < -0.39 is 17.5 Å². The molecule has 0 aromatic carbocycles. The molecule has 12 nitrogen and oxygen atoms in total. The standard InChI is InChI=1S/C25H32N8O4/c1-6-37-21-16(13-32-12-15(2)26-22(32)28-21)20(34)27-18-7-8-19(30-29-18)31-9-10-33(23(35)36)25(14-31)11-17(25)24(3,4)5/h7-8,12-13,17H,6,9-11,14H2,1-5H3,(H,35,36)(H,27,29,34). The molecule has 1 aliphatic carbocycles. The number of piperazine rings is 1. The fourth-order valence-electron chi connectivity index (χ4n) is 5.47. The molecular formula is C25H32N8O4. The van der Waals surface area contributed by atoms with E-state index in [9.17, 15) is 14.7 Å². The molecule has 1 spiro atoms. The molecule has 4 heterocycles. The lowest BCUT2D eigenvalue weighted by Gasteiger charge is -2.43. The quantitative estimate of drug-likeness (QED) is 0.532. The molecule has 2 N–H and O–H groups in total. The molecule has 1 aliphatic heterocycles. The van der Waals surface area contributed by atoms with Crippen molar-refractivity contribution in [3.63, 3.8) is 0 Å². The van der Waals surface area contributed by atoms with Crippen LogP contribution in [0.15, 0.2) is 24.5 Å². The normalized spacial score (nSPS) is 21.4. The first-order chi connectivity index (χ1) is 17.5. The van der Waals surface area contributed by atoms with Gasteiger partial charge in [-0.3, -0.25) is 14.1 Å². The molecule has 3 aromatic rings. The van der Waals surface area contributed by atoms with E-state index in [2.05, 4.69) is 51.2 Å². The monoisotopic (exact) mass is 508 g/mol. The fourth-order valence-corrected chi connectivity index (χ4v) is 5.47. The summed E-state index contributed by atoms with van der Waals surface area (Å²) in [4.78, 5) is 37.4.